The van der Waals surface area contributed by atoms with Crippen molar-refractivity contribution in [2.45, 2.75) is 26.3 Å². The highest BCUT2D eigenvalue weighted by Crippen LogP contribution is 2.36. The molecule has 0 aliphatic heterocycles. The second-order valence-electron chi connectivity index (χ2n) is 7.93. The second-order valence-corrected chi connectivity index (χ2v) is 7.93. The van der Waals surface area contributed by atoms with Crippen LogP contribution in [0.3, 0.4) is 0 Å². The summed E-state index contributed by atoms with van der Waals surface area (Å²) in [6, 6.07) is 10.5. The predicted octanol–water partition coefficient (Wildman–Crippen LogP) is 4.76. The first-order valence-corrected chi connectivity index (χ1v) is 11.5. The lowest BCUT2D eigenvalue weighted by molar-refractivity contribution is 0.101. The molecule has 3 heterocycles. The van der Waals surface area contributed by atoms with Gasteiger partial charge in [0, 0.05) is 17.6 Å². The Morgan fingerprint density at radius 3 is 2.57 bits per heavy atom. The molecule has 11 heteroatoms. The highest BCUT2D eigenvalue weighted by Gasteiger charge is 2.21. The number of hydrogen-bond acceptors (Lipinski definition) is 9. The number of pyridine rings is 2. The van der Waals surface area contributed by atoms with E-state index in [9.17, 15) is 4.79 Å². The molecule has 4 rings (SSSR count). The molecule has 3 aromatic heterocycles. The van der Waals surface area contributed by atoms with Crippen molar-refractivity contribution in [3.8, 4) is 34.8 Å². The quantitative estimate of drug-likeness (QED) is 0.326. The van der Waals surface area contributed by atoms with Crippen molar-refractivity contribution in [3.05, 3.63) is 54.6 Å². The van der Waals surface area contributed by atoms with Crippen LogP contribution in [0.25, 0.3) is 10.9 Å². The smallest absolute Gasteiger partial charge is 0.281 e. The van der Waals surface area contributed by atoms with Gasteiger partial charge < -0.3 is 24.3 Å². The Morgan fingerprint density at radius 2 is 1.89 bits per heavy atom. The fourth-order valence-corrected chi connectivity index (χ4v) is 3.60. The van der Waals surface area contributed by atoms with E-state index in [-0.39, 0.29) is 18.2 Å². The number of nitrogens with zero attached hydrogens (tertiary/aromatic N) is 5. The molecule has 37 heavy (non-hydrogen) atoms. The summed E-state index contributed by atoms with van der Waals surface area (Å²) in [5, 5.41) is 16.7. The monoisotopic (exact) mass is 502 g/mol. The minimum absolute atomic E-state index is 0.112. The number of hydrogen-bond donors (Lipinski definition) is 1. The van der Waals surface area contributed by atoms with Crippen molar-refractivity contribution in [3.63, 3.8) is 0 Å². The molecule has 0 saturated heterocycles. The van der Waals surface area contributed by atoms with E-state index in [2.05, 4.69) is 26.5 Å². The summed E-state index contributed by atoms with van der Waals surface area (Å²) in [4.78, 5) is 21.6. The summed E-state index contributed by atoms with van der Waals surface area (Å²) in [6.45, 7) is 4.02. The van der Waals surface area contributed by atoms with Crippen molar-refractivity contribution in [2.24, 2.45) is 0 Å². The van der Waals surface area contributed by atoms with Crippen LogP contribution in [0.15, 0.2) is 48.9 Å². The van der Waals surface area contributed by atoms with Crippen LogP contribution in [-0.4, -0.2) is 46.5 Å². The number of anilines is 1. The number of methoxy groups -OCH3 is 2. The van der Waals surface area contributed by atoms with Crippen LogP contribution in [0, 0.1) is 11.3 Å². The van der Waals surface area contributed by atoms with Gasteiger partial charge in [0.1, 0.15) is 17.3 Å². The molecule has 190 valence electrons. The minimum atomic E-state index is -0.478. The van der Waals surface area contributed by atoms with E-state index in [1.807, 2.05) is 13.8 Å². The van der Waals surface area contributed by atoms with Gasteiger partial charge in [-0.15, -0.1) is 0 Å². The fraction of sp³-hybridized carbons (Fsp3) is 0.269. The molecule has 4 aromatic rings. The van der Waals surface area contributed by atoms with Crippen molar-refractivity contribution < 1.29 is 23.7 Å². The van der Waals surface area contributed by atoms with Crippen LogP contribution in [0.5, 0.6) is 28.7 Å². The molecule has 11 nitrogen and oxygen atoms in total. The van der Waals surface area contributed by atoms with E-state index in [1.165, 1.54) is 6.20 Å². The normalized spacial score (nSPS) is 11.4. The van der Waals surface area contributed by atoms with E-state index in [4.69, 9.17) is 24.2 Å². The fourth-order valence-electron chi connectivity index (χ4n) is 3.60. The van der Waals surface area contributed by atoms with E-state index in [0.717, 1.165) is 5.39 Å². The Bertz CT molecular complexity index is 1440. The van der Waals surface area contributed by atoms with Gasteiger partial charge in [-0.3, -0.25) is 14.5 Å². The van der Waals surface area contributed by atoms with Crippen LogP contribution in [0.2, 0.25) is 0 Å². The molecule has 0 bridgehead atoms. The predicted molar refractivity (Wildman–Crippen MR) is 135 cm³/mol. The summed E-state index contributed by atoms with van der Waals surface area (Å²) in [5.74, 6) is 2.31. The first kappa shape index (κ1) is 25.2. The van der Waals surface area contributed by atoms with Gasteiger partial charge in [-0.2, -0.15) is 10.4 Å². The van der Waals surface area contributed by atoms with Gasteiger partial charge in [-0.1, -0.05) is 0 Å². The number of benzene rings is 1. The van der Waals surface area contributed by atoms with Gasteiger partial charge in [0.2, 0.25) is 0 Å². The van der Waals surface area contributed by atoms with Crippen LogP contribution in [-0.2, 0) is 0 Å². The molecule has 0 aliphatic carbocycles. The number of carbonyl (C=O) groups excluding carboxylic acids is 1. The highest BCUT2D eigenvalue weighted by atomic mass is 16.5. The number of carbonyl (C=O) groups is 1. The minimum Gasteiger partial charge on any atom is -0.493 e. The summed E-state index contributed by atoms with van der Waals surface area (Å²) in [5.41, 5.74) is 0.794. The Labute approximate surface area is 213 Å². The summed E-state index contributed by atoms with van der Waals surface area (Å²) < 4.78 is 23.9. The molecule has 1 atom stereocenters. The van der Waals surface area contributed by atoms with E-state index >= 15 is 0 Å². The third kappa shape index (κ3) is 5.54. The molecule has 1 unspecified atom stereocenters. The maximum absolute atomic E-state index is 12.9. The van der Waals surface area contributed by atoms with Crippen LogP contribution in [0.4, 0.5) is 5.82 Å². The van der Waals surface area contributed by atoms with E-state index in [0.29, 0.717) is 46.7 Å². The van der Waals surface area contributed by atoms with Gasteiger partial charge >= 0.3 is 0 Å². The lowest BCUT2D eigenvalue weighted by atomic mass is 10.2. The molecular formula is C26H26N6O5. The standard InChI is InChI=1S/C26H26N6O5/c1-5-36-23-15-32(16(2)8-10-27)31-25(23)26(33)30-24-7-6-17(14-29-24)37-20-9-11-28-19-13-22(35-4)21(34-3)12-18(19)20/h6-7,9,11-16H,5,8H2,1-4H3,(H,29,30,33). The van der Waals surface area contributed by atoms with Crippen molar-refractivity contribution in [1.82, 2.24) is 19.7 Å². The Hall–Kier alpha value is -4.85. The number of ether oxygens (including phenoxy) is 4. The third-order valence-electron chi connectivity index (χ3n) is 5.46. The molecule has 0 radical (unpaired) electrons. The maximum atomic E-state index is 12.9. The molecule has 1 N–H and O–H groups in total. The molecule has 0 fully saturated rings. The largest absolute Gasteiger partial charge is 0.493 e. The van der Waals surface area contributed by atoms with Gasteiger partial charge in [0.05, 0.1) is 57.3 Å². The molecule has 1 amide bonds. The average Bonchev–Trinajstić information content (AvgIpc) is 3.34. The third-order valence-corrected chi connectivity index (χ3v) is 5.46. The van der Waals surface area contributed by atoms with Crippen LogP contribution >= 0.6 is 0 Å². The van der Waals surface area contributed by atoms with Gasteiger partial charge in [0.25, 0.3) is 5.91 Å². The number of nitrogens with one attached hydrogen (secondary N) is 1. The molecule has 0 spiro atoms. The molecular weight excluding hydrogens is 476 g/mol. The summed E-state index contributed by atoms with van der Waals surface area (Å²) in [6.07, 6.45) is 5.01. The zero-order valence-corrected chi connectivity index (χ0v) is 20.9. The van der Waals surface area contributed by atoms with Crippen molar-refractivity contribution >= 4 is 22.6 Å². The maximum Gasteiger partial charge on any atom is 0.281 e. The first-order valence-electron chi connectivity index (χ1n) is 11.5. The van der Waals surface area contributed by atoms with Crippen LogP contribution < -0.4 is 24.3 Å². The number of rotatable bonds is 10. The van der Waals surface area contributed by atoms with Crippen LogP contribution in [0.1, 0.15) is 36.8 Å². The number of fused-ring (bicyclic) bond motifs is 1. The lowest BCUT2D eigenvalue weighted by Gasteiger charge is -2.12. The Kier molecular flexibility index (Phi) is 7.68. The topological polar surface area (TPSA) is 133 Å². The SMILES string of the molecule is CCOc1cn(C(C)CC#N)nc1C(=O)Nc1ccc(Oc2ccnc3cc(OC)c(OC)cc23)cn1. The Balaban J connectivity index is 1.52. The molecule has 0 aliphatic rings. The first-order chi connectivity index (χ1) is 18.0. The number of amides is 1. The number of nitriles is 1. The van der Waals surface area contributed by atoms with E-state index < -0.39 is 5.91 Å². The summed E-state index contributed by atoms with van der Waals surface area (Å²) >= 11 is 0. The molecule has 0 saturated carbocycles. The van der Waals surface area contributed by atoms with Gasteiger partial charge in [-0.25, -0.2) is 4.98 Å². The number of aromatic nitrogens is 4. The zero-order valence-electron chi connectivity index (χ0n) is 20.9. The second kappa shape index (κ2) is 11.3. The summed E-state index contributed by atoms with van der Waals surface area (Å²) in [7, 11) is 3.13. The zero-order chi connectivity index (χ0) is 26.4. The van der Waals surface area contributed by atoms with Crippen molar-refractivity contribution in [1.29, 1.82) is 5.26 Å². The highest BCUT2D eigenvalue weighted by molar-refractivity contribution is 6.04. The lowest BCUT2D eigenvalue weighted by Crippen LogP contribution is -2.16. The average molecular weight is 503 g/mol. The van der Waals surface area contributed by atoms with Gasteiger partial charge in [-0.05, 0) is 38.1 Å². The molecule has 1 aromatic carbocycles. The van der Waals surface area contributed by atoms with E-state index in [1.54, 1.807) is 61.6 Å². The van der Waals surface area contributed by atoms with Gasteiger partial charge in [0.15, 0.2) is 22.9 Å². The Morgan fingerprint density at radius 1 is 1.11 bits per heavy atom. The van der Waals surface area contributed by atoms with Crippen molar-refractivity contribution in [2.75, 3.05) is 26.1 Å².